The van der Waals surface area contributed by atoms with Crippen LogP contribution in [-0.4, -0.2) is 22.4 Å². The van der Waals surface area contributed by atoms with E-state index in [0.29, 0.717) is 11.0 Å². The van der Waals surface area contributed by atoms with E-state index in [9.17, 15) is 4.79 Å². The molecule has 1 amide bonds. The molecule has 1 N–H and O–H groups in total. The fraction of sp³-hybridized carbons (Fsp3) is 0.125. The second-order valence-corrected chi connectivity index (χ2v) is 7.52. The van der Waals surface area contributed by atoms with E-state index in [0.717, 1.165) is 39.2 Å². The molecule has 0 atom stereocenters. The molecule has 3 aromatic carbocycles. The molecule has 4 rings (SSSR count). The predicted molar refractivity (Wildman–Crippen MR) is 127 cm³/mol. The van der Waals surface area contributed by atoms with Gasteiger partial charge in [0, 0.05) is 22.2 Å². The molecule has 1 aromatic heterocycles. The summed E-state index contributed by atoms with van der Waals surface area (Å²) in [5.74, 6) is 0.904. The van der Waals surface area contributed by atoms with Gasteiger partial charge in [0.1, 0.15) is 5.75 Å². The number of methoxy groups -OCH3 is 1. The summed E-state index contributed by atoms with van der Waals surface area (Å²) in [4.78, 5) is 18.2. The number of alkyl halides is 1. The highest BCUT2D eigenvalue weighted by molar-refractivity contribution is 14.1. The lowest BCUT2D eigenvalue weighted by Crippen LogP contribution is -2.31. The largest absolute Gasteiger partial charge is 0.497 e. The number of anilines is 1. The van der Waals surface area contributed by atoms with Gasteiger partial charge in [-0.05, 0) is 35.9 Å². The van der Waals surface area contributed by atoms with Crippen LogP contribution in [0.1, 0.15) is 5.56 Å². The van der Waals surface area contributed by atoms with Crippen LogP contribution in [0.3, 0.4) is 0 Å². The smallest absolute Gasteiger partial charge is 0.237 e. The average molecular weight is 496 g/mol. The zero-order valence-electron chi connectivity index (χ0n) is 16.1. The van der Waals surface area contributed by atoms with Gasteiger partial charge in [-0.15, -0.1) is 0 Å². The van der Waals surface area contributed by atoms with Gasteiger partial charge in [-0.2, -0.15) is 0 Å². The van der Waals surface area contributed by atoms with E-state index >= 15 is 0 Å². The Kier molecular flexibility index (Phi) is 5.85. The van der Waals surface area contributed by atoms with E-state index in [1.165, 1.54) is 0 Å². The molecule has 29 heavy (non-hydrogen) atoms. The molecular formula is C24H21IN2O2. The second kappa shape index (κ2) is 8.69. The number of hydrogen-bond acceptors (Lipinski definition) is 2. The van der Waals surface area contributed by atoms with E-state index in [1.807, 2.05) is 71.6 Å². The molecular weight excluding hydrogens is 475 g/mol. The molecule has 0 unspecified atom stereocenters. The number of aromatic nitrogens is 1. The van der Waals surface area contributed by atoms with E-state index < -0.39 is 0 Å². The lowest BCUT2D eigenvalue weighted by atomic mass is 10.1. The van der Waals surface area contributed by atoms with Gasteiger partial charge >= 0.3 is 0 Å². The fourth-order valence-electron chi connectivity index (χ4n) is 3.47. The summed E-state index contributed by atoms with van der Waals surface area (Å²) in [5, 5.41) is 1.07. The fourth-order valence-corrected chi connectivity index (χ4v) is 3.88. The molecule has 0 radical (unpaired) electrons. The van der Waals surface area contributed by atoms with Gasteiger partial charge in [-0.25, -0.2) is 0 Å². The number of carbonyl (C=O) groups is 1. The summed E-state index contributed by atoms with van der Waals surface area (Å²) >= 11 is 2.13. The third kappa shape index (κ3) is 4.15. The molecule has 4 nitrogen and oxygen atoms in total. The van der Waals surface area contributed by atoms with Crippen LogP contribution < -0.4 is 9.64 Å². The lowest BCUT2D eigenvalue weighted by molar-refractivity contribution is -0.116. The first kappa shape index (κ1) is 19.5. The van der Waals surface area contributed by atoms with Crippen molar-refractivity contribution < 1.29 is 9.53 Å². The minimum absolute atomic E-state index is 0.0830. The Morgan fingerprint density at radius 1 is 1.00 bits per heavy atom. The van der Waals surface area contributed by atoms with Crippen molar-refractivity contribution in [3.05, 3.63) is 84.4 Å². The number of H-pyrrole nitrogens is 1. The molecule has 0 saturated heterocycles. The van der Waals surface area contributed by atoms with E-state index in [-0.39, 0.29) is 5.91 Å². The maximum Gasteiger partial charge on any atom is 0.237 e. The molecule has 146 valence electrons. The van der Waals surface area contributed by atoms with Crippen LogP contribution in [-0.2, 0) is 11.3 Å². The summed E-state index contributed by atoms with van der Waals surface area (Å²) in [5.41, 5.74) is 5.00. The Balaban J connectivity index is 1.79. The number of fused-ring (bicyclic) bond motifs is 1. The van der Waals surface area contributed by atoms with Crippen LogP contribution in [0.5, 0.6) is 5.75 Å². The first-order chi connectivity index (χ1) is 14.2. The number of hydrogen-bond donors (Lipinski definition) is 1. The van der Waals surface area contributed by atoms with Crippen molar-refractivity contribution >= 4 is 45.1 Å². The van der Waals surface area contributed by atoms with Crippen molar-refractivity contribution in [3.63, 3.8) is 0 Å². The van der Waals surface area contributed by atoms with Crippen LogP contribution in [0.15, 0.2) is 78.9 Å². The van der Waals surface area contributed by atoms with Crippen molar-refractivity contribution in [3.8, 4) is 17.0 Å². The van der Waals surface area contributed by atoms with Crippen molar-refractivity contribution in [1.82, 2.24) is 4.98 Å². The Labute approximate surface area is 183 Å². The van der Waals surface area contributed by atoms with Gasteiger partial charge in [-0.1, -0.05) is 71.1 Å². The van der Waals surface area contributed by atoms with Crippen molar-refractivity contribution in [2.24, 2.45) is 0 Å². The van der Waals surface area contributed by atoms with Crippen LogP contribution >= 0.6 is 22.6 Å². The summed E-state index contributed by atoms with van der Waals surface area (Å²) in [7, 11) is 1.67. The number of nitrogens with zero attached hydrogens (tertiary/aromatic N) is 1. The SMILES string of the molecule is COc1ccc2[nH]c(-c3ccccc3N(Cc3ccccc3)C(=O)CI)cc2c1. The third-order valence-corrected chi connectivity index (χ3v) is 5.56. The first-order valence-electron chi connectivity index (χ1n) is 9.36. The van der Waals surface area contributed by atoms with Gasteiger partial charge < -0.3 is 14.6 Å². The minimum Gasteiger partial charge on any atom is -0.497 e. The highest BCUT2D eigenvalue weighted by atomic mass is 127. The molecule has 4 aromatic rings. The van der Waals surface area contributed by atoms with Gasteiger partial charge in [-0.3, -0.25) is 4.79 Å². The standard InChI is InChI=1S/C24H21IN2O2/c1-29-19-11-12-21-18(13-19)14-22(26-21)20-9-5-6-10-23(20)27(24(28)15-25)16-17-7-3-2-4-8-17/h2-14,26H,15-16H2,1H3. The summed E-state index contributed by atoms with van der Waals surface area (Å²) in [6.45, 7) is 0.535. The minimum atomic E-state index is 0.0830. The molecule has 0 aliphatic rings. The Bertz CT molecular complexity index is 1140. The van der Waals surface area contributed by atoms with Gasteiger partial charge in [0.15, 0.2) is 0 Å². The van der Waals surface area contributed by atoms with E-state index in [4.69, 9.17) is 4.74 Å². The van der Waals surface area contributed by atoms with E-state index in [2.05, 4.69) is 39.7 Å². The highest BCUT2D eigenvalue weighted by Crippen LogP contribution is 2.34. The Hall–Kier alpha value is -2.80. The molecule has 0 fully saturated rings. The third-order valence-electron chi connectivity index (χ3n) is 4.91. The molecule has 0 aliphatic carbocycles. The maximum atomic E-state index is 12.8. The van der Waals surface area contributed by atoms with Crippen molar-refractivity contribution in [2.45, 2.75) is 6.54 Å². The van der Waals surface area contributed by atoms with Crippen molar-refractivity contribution in [2.75, 3.05) is 16.4 Å². The van der Waals surface area contributed by atoms with Gasteiger partial charge in [0.2, 0.25) is 5.91 Å². The number of nitrogens with one attached hydrogen (secondary N) is 1. The number of halogens is 1. The van der Waals surface area contributed by atoms with Gasteiger partial charge in [0.25, 0.3) is 0 Å². The molecule has 1 heterocycles. The molecule has 5 heteroatoms. The quantitative estimate of drug-likeness (QED) is 0.271. The van der Waals surface area contributed by atoms with Gasteiger partial charge in [0.05, 0.1) is 23.8 Å². The number of rotatable bonds is 6. The average Bonchev–Trinajstić information content (AvgIpc) is 3.21. The number of benzene rings is 3. The number of carbonyl (C=O) groups excluding carboxylic acids is 1. The molecule has 0 bridgehead atoms. The van der Waals surface area contributed by atoms with E-state index in [1.54, 1.807) is 7.11 Å². The highest BCUT2D eigenvalue weighted by Gasteiger charge is 2.19. The number of para-hydroxylation sites is 1. The number of ether oxygens (including phenoxy) is 1. The first-order valence-corrected chi connectivity index (χ1v) is 10.9. The molecule has 0 spiro atoms. The van der Waals surface area contributed by atoms with Crippen molar-refractivity contribution in [1.29, 1.82) is 0 Å². The van der Waals surface area contributed by atoms with Crippen LogP contribution in [0.4, 0.5) is 5.69 Å². The van der Waals surface area contributed by atoms with Crippen LogP contribution in [0.25, 0.3) is 22.2 Å². The topological polar surface area (TPSA) is 45.3 Å². The summed E-state index contributed by atoms with van der Waals surface area (Å²) in [6.07, 6.45) is 0. The monoisotopic (exact) mass is 496 g/mol. The number of amides is 1. The number of aromatic amines is 1. The Morgan fingerprint density at radius 2 is 1.76 bits per heavy atom. The van der Waals surface area contributed by atoms with Crippen LogP contribution in [0, 0.1) is 0 Å². The molecule has 0 saturated carbocycles. The Morgan fingerprint density at radius 3 is 2.52 bits per heavy atom. The lowest BCUT2D eigenvalue weighted by Gasteiger charge is -2.24. The normalized spacial score (nSPS) is 10.8. The zero-order chi connectivity index (χ0) is 20.2. The zero-order valence-corrected chi connectivity index (χ0v) is 18.2. The summed E-state index contributed by atoms with van der Waals surface area (Å²) < 4.78 is 5.76. The maximum absolute atomic E-state index is 12.8. The summed E-state index contributed by atoms with van der Waals surface area (Å²) in [6, 6.07) is 26.2. The predicted octanol–water partition coefficient (Wildman–Crippen LogP) is 5.81. The van der Waals surface area contributed by atoms with Crippen LogP contribution in [0.2, 0.25) is 0 Å². The molecule has 0 aliphatic heterocycles. The second-order valence-electron chi connectivity index (χ2n) is 6.75.